The van der Waals surface area contributed by atoms with Gasteiger partial charge in [-0.3, -0.25) is 14.4 Å². The van der Waals surface area contributed by atoms with Crippen LogP contribution in [0.5, 0.6) is 0 Å². The molecular formula is C30H32N2O7S. The van der Waals surface area contributed by atoms with E-state index in [1.807, 2.05) is 50.2 Å². The minimum absolute atomic E-state index is 0.0682. The maximum Gasteiger partial charge on any atom is 0.340 e. The SMILES string of the molecule is Cc1oc2cc3oc(=O)c(CC(=O)N[C@@H](CSCc4ccccc4)C(=O)NCCCC(=O)O)c(C)c3cc2c1C. The molecule has 0 unspecified atom stereocenters. The van der Waals surface area contributed by atoms with E-state index in [1.54, 1.807) is 13.0 Å². The third kappa shape index (κ3) is 6.93. The van der Waals surface area contributed by atoms with Gasteiger partial charge in [0.2, 0.25) is 11.8 Å². The first-order valence-electron chi connectivity index (χ1n) is 13.0. The normalized spacial score (nSPS) is 12.0. The number of hydrogen-bond donors (Lipinski definition) is 3. The maximum absolute atomic E-state index is 13.1. The summed E-state index contributed by atoms with van der Waals surface area (Å²) in [6, 6.07) is 12.5. The molecule has 0 aliphatic rings. The zero-order valence-electron chi connectivity index (χ0n) is 22.7. The Bertz CT molecular complexity index is 1610. The van der Waals surface area contributed by atoms with Gasteiger partial charge in [-0.05, 0) is 49.9 Å². The molecule has 4 rings (SSSR count). The van der Waals surface area contributed by atoms with E-state index in [0.29, 0.717) is 33.6 Å². The highest BCUT2D eigenvalue weighted by molar-refractivity contribution is 7.98. The predicted octanol–water partition coefficient (Wildman–Crippen LogP) is 4.41. The zero-order chi connectivity index (χ0) is 28.8. The summed E-state index contributed by atoms with van der Waals surface area (Å²) >= 11 is 1.49. The van der Waals surface area contributed by atoms with Gasteiger partial charge in [0.25, 0.3) is 0 Å². The van der Waals surface area contributed by atoms with E-state index in [2.05, 4.69) is 10.6 Å². The summed E-state index contributed by atoms with van der Waals surface area (Å²) in [7, 11) is 0. The van der Waals surface area contributed by atoms with Gasteiger partial charge in [-0.15, -0.1) is 0 Å². The highest BCUT2D eigenvalue weighted by atomic mass is 32.2. The zero-order valence-corrected chi connectivity index (χ0v) is 23.5. The van der Waals surface area contributed by atoms with Crippen LogP contribution in [0.25, 0.3) is 21.9 Å². The van der Waals surface area contributed by atoms with Crippen LogP contribution in [0.1, 0.15) is 40.9 Å². The van der Waals surface area contributed by atoms with Gasteiger partial charge in [-0.2, -0.15) is 11.8 Å². The number of aliphatic carboxylic acids is 1. The summed E-state index contributed by atoms with van der Waals surface area (Å²) in [5, 5.41) is 15.9. The van der Waals surface area contributed by atoms with E-state index in [1.165, 1.54) is 11.8 Å². The number of fused-ring (bicyclic) bond motifs is 2. The number of rotatable bonds is 12. The molecular weight excluding hydrogens is 532 g/mol. The van der Waals surface area contributed by atoms with Crippen molar-refractivity contribution in [2.45, 2.75) is 51.8 Å². The Morgan fingerprint density at radius 1 is 0.975 bits per heavy atom. The maximum atomic E-state index is 13.1. The third-order valence-corrected chi connectivity index (χ3v) is 7.94. The van der Waals surface area contributed by atoms with Gasteiger partial charge in [0.15, 0.2) is 0 Å². The molecule has 40 heavy (non-hydrogen) atoms. The summed E-state index contributed by atoms with van der Waals surface area (Å²) in [6.45, 7) is 5.78. The Morgan fingerprint density at radius 3 is 2.40 bits per heavy atom. The molecule has 9 nitrogen and oxygen atoms in total. The van der Waals surface area contributed by atoms with E-state index < -0.39 is 29.5 Å². The molecule has 2 aromatic heterocycles. The summed E-state index contributed by atoms with van der Waals surface area (Å²) in [5.74, 6) is -0.114. The van der Waals surface area contributed by atoms with Gasteiger partial charge in [-0.1, -0.05) is 30.3 Å². The molecule has 2 amide bonds. The number of hydrogen-bond acceptors (Lipinski definition) is 7. The van der Waals surface area contributed by atoms with Gasteiger partial charge in [0, 0.05) is 41.3 Å². The molecule has 0 spiro atoms. The second-order valence-corrected chi connectivity index (χ2v) is 10.7. The topological polar surface area (TPSA) is 139 Å². The van der Waals surface area contributed by atoms with Crippen LogP contribution in [0.4, 0.5) is 0 Å². The fourth-order valence-corrected chi connectivity index (χ4v) is 5.48. The first kappa shape index (κ1) is 28.9. The Hall–Kier alpha value is -4.05. The fraction of sp³-hybridized carbons (Fsp3) is 0.333. The van der Waals surface area contributed by atoms with Crippen molar-refractivity contribution in [3.8, 4) is 0 Å². The first-order valence-corrected chi connectivity index (χ1v) is 14.2. The fourth-order valence-electron chi connectivity index (χ4n) is 4.46. The van der Waals surface area contributed by atoms with Crippen molar-refractivity contribution in [2.24, 2.45) is 0 Å². The van der Waals surface area contributed by atoms with Crippen molar-refractivity contribution in [2.75, 3.05) is 12.3 Å². The lowest BCUT2D eigenvalue weighted by Gasteiger charge is -2.18. The molecule has 2 heterocycles. The number of nitrogens with one attached hydrogen (secondary N) is 2. The average molecular weight is 565 g/mol. The Balaban J connectivity index is 1.50. The summed E-state index contributed by atoms with van der Waals surface area (Å²) < 4.78 is 11.3. The van der Waals surface area contributed by atoms with Crippen LogP contribution in [-0.2, 0) is 26.6 Å². The van der Waals surface area contributed by atoms with Gasteiger partial charge in [0.1, 0.15) is 23.0 Å². The van der Waals surface area contributed by atoms with Crippen LogP contribution < -0.4 is 16.3 Å². The van der Waals surface area contributed by atoms with Crippen LogP contribution in [-0.4, -0.2) is 41.2 Å². The standard InChI is InChI=1S/C30H32N2O7S/c1-17-19(3)38-25-14-26-22(12-21(17)25)18(2)23(30(37)39-26)13-27(33)32-24(29(36)31-11-7-10-28(34)35)16-40-15-20-8-5-4-6-9-20/h4-6,8-9,12,14,24H,7,10-11,13,15-16H2,1-3H3,(H,31,36)(H,32,33)(H,34,35)/t24-/m0/s1. The number of benzene rings is 2. The van der Waals surface area contributed by atoms with E-state index in [-0.39, 0.29) is 31.4 Å². The van der Waals surface area contributed by atoms with Crippen LogP contribution in [0.3, 0.4) is 0 Å². The van der Waals surface area contributed by atoms with E-state index in [4.69, 9.17) is 13.9 Å². The van der Waals surface area contributed by atoms with Crippen molar-refractivity contribution in [3.63, 3.8) is 0 Å². The molecule has 4 aromatic rings. The Kier molecular flexibility index (Phi) is 9.31. The number of carbonyl (C=O) groups excluding carboxylic acids is 2. The molecule has 10 heteroatoms. The second-order valence-electron chi connectivity index (χ2n) is 9.71. The number of amides is 2. The molecule has 0 radical (unpaired) electrons. The minimum Gasteiger partial charge on any atom is -0.481 e. The smallest absolute Gasteiger partial charge is 0.340 e. The number of carboxylic acids is 1. The van der Waals surface area contributed by atoms with Gasteiger partial charge in [0.05, 0.1) is 12.0 Å². The highest BCUT2D eigenvalue weighted by Gasteiger charge is 2.23. The number of aryl methyl sites for hydroxylation is 3. The molecule has 3 N–H and O–H groups in total. The molecule has 0 saturated heterocycles. The van der Waals surface area contributed by atoms with Crippen molar-refractivity contribution in [1.82, 2.24) is 10.6 Å². The lowest BCUT2D eigenvalue weighted by atomic mass is 10.0. The highest BCUT2D eigenvalue weighted by Crippen LogP contribution is 2.31. The number of carbonyl (C=O) groups is 3. The molecule has 0 aliphatic carbocycles. The van der Waals surface area contributed by atoms with Crippen molar-refractivity contribution in [1.29, 1.82) is 0 Å². The Labute approximate surface area is 235 Å². The monoisotopic (exact) mass is 564 g/mol. The predicted molar refractivity (Wildman–Crippen MR) is 155 cm³/mol. The third-order valence-electron chi connectivity index (χ3n) is 6.83. The molecule has 0 saturated carbocycles. The minimum atomic E-state index is -0.944. The van der Waals surface area contributed by atoms with Crippen molar-refractivity contribution < 1.29 is 28.3 Å². The molecule has 0 fully saturated rings. The first-order chi connectivity index (χ1) is 19.1. The van der Waals surface area contributed by atoms with Crippen molar-refractivity contribution in [3.05, 3.63) is 80.9 Å². The molecule has 2 aromatic carbocycles. The van der Waals surface area contributed by atoms with Crippen LogP contribution in [0.15, 0.2) is 56.1 Å². The van der Waals surface area contributed by atoms with E-state index in [0.717, 1.165) is 22.3 Å². The molecule has 0 bridgehead atoms. The quantitative estimate of drug-likeness (QED) is 0.170. The second kappa shape index (κ2) is 12.9. The van der Waals surface area contributed by atoms with Crippen LogP contribution in [0, 0.1) is 20.8 Å². The van der Waals surface area contributed by atoms with Gasteiger partial charge >= 0.3 is 11.6 Å². The van der Waals surface area contributed by atoms with E-state index in [9.17, 15) is 19.2 Å². The molecule has 1 atom stereocenters. The lowest BCUT2D eigenvalue weighted by molar-refractivity contribution is -0.137. The summed E-state index contributed by atoms with van der Waals surface area (Å²) in [4.78, 5) is 49.7. The average Bonchev–Trinajstić information content (AvgIpc) is 3.20. The van der Waals surface area contributed by atoms with Gasteiger partial charge in [-0.25, -0.2) is 4.79 Å². The van der Waals surface area contributed by atoms with Gasteiger partial charge < -0.3 is 24.6 Å². The molecule has 210 valence electrons. The van der Waals surface area contributed by atoms with E-state index >= 15 is 0 Å². The van der Waals surface area contributed by atoms with Crippen molar-refractivity contribution >= 4 is 51.5 Å². The van der Waals surface area contributed by atoms with Crippen LogP contribution in [0.2, 0.25) is 0 Å². The lowest BCUT2D eigenvalue weighted by Crippen LogP contribution is -2.49. The Morgan fingerprint density at radius 2 is 1.68 bits per heavy atom. The van der Waals surface area contributed by atoms with Crippen LogP contribution >= 0.6 is 11.8 Å². The number of carboxylic acid groups (broad SMARTS) is 1. The number of thioether (sulfide) groups is 1. The largest absolute Gasteiger partial charge is 0.481 e. The summed E-state index contributed by atoms with van der Waals surface area (Å²) in [6.07, 6.45) is -0.0435. The molecule has 0 aliphatic heterocycles. The number of furan rings is 1. The summed E-state index contributed by atoms with van der Waals surface area (Å²) in [5.41, 5.74) is 3.32.